The predicted octanol–water partition coefficient (Wildman–Crippen LogP) is 3.69. The first-order valence-electron chi connectivity index (χ1n) is 14.6. The second-order valence-electron chi connectivity index (χ2n) is 11.3. The number of halogens is 1. The van der Waals surface area contributed by atoms with Crippen molar-refractivity contribution in [3.05, 3.63) is 83.5 Å². The van der Waals surface area contributed by atoms with Crippen LogP contribution in [0.2, 0.25) is 0 Å². The van der Waals surface area contributed by atoms with Gasteiger partial charge >= 0.3 is 5.97 Å². The topological polar surface area (TPSA) is 168 Å². The molecule has 0 aromatic heterocycles. The van der Waals surface area contributed by atoms with Gasteiger partial charge in [0.05, 0.1) is 36.4 Å². The molecule has 7 N–H and O–H groups in total. The Hall–Kier alpha value is -2.79. The molecule has 1 amide bonds. The predicted molar refractivity (Wildman–Crippen MR) is 169 cm³/mol. The molecule has 240 valence electrons. The van der Waals surface area contributed by atoms with Crippen LogP contribution in [-0.4, -0.2) is 79.1 Å². The molecule has 1 aliphatic carbocycles. The third kappa shape index (κ3) is 15.5. The van der Waals surface area contributed by atoms with E-state index in [4.69, 9.17) is 11.6 Å². The van der Waals surface area contributed by atoms with Crippen molar-refractivity contribution in [1.82, 2.24) is 5.32 Å². The van der Waals surface area contributed by atoms with Crippen LogP contribution in [0.1, 0.15) is 53.4 Å². The quantitative estimate of drug-likeness (QED) is 0.101. The van der Waals surface area contributed by atoms with E-state index in [1.165, 1.54) is 12.2 Å². The lowest BCUT2D eigenvalue weighted by atomic mass is 9.84. The number of hydrogen-bond donors (Lipinski definition) is 7. The van der Waals surface area contributed by atoms with Crippen molar-refractivity contribution in [2.75, 3.05) is 0 Å². The van der Waals surface area contributed by atoms with Crippen LogP contribution in [0.15, 0.2) is 83.5 Å². The molecule has 0 aromatic carbocycles. The maximum absolute atomic E-state index is 12.2. The van der Waals surface area contributed by atoms with E-state index in [0.717, 1.165) is 5.57 Å². The van der Waals surface area contributed by atoms with Crippen LogP contribution < -0.4 is 5.32 Å². The number of carbonyl (C=O) groups is 2. The number of aliphatic carboxylic acids is 1. The average Bonchev–Trinajstić information content (AvgIpc) is 2.95. The first-order valence-corrected chi connectivity index (χ1v) is 14.9. The molecule has 10 heteroatoms. The van der Waals surface area contributed by atoms with Gasteiger partial charge in [-0.15, -0.1) is 0 Å². The SMILES string of the molecule is CC(/C=C/C=C/C(=O)NC1CC(C(=O)O)CCC1O)=C\C=C\C=C(/Cl)C(C)C(O)C(O)C(O)CC(O)/C=C/C=C/C(C)C. The Kier molecular flexibility index (Phi) is 18.0. The molecule has 1 fully saturated rings. The average molecular weight is 622 g/mol. The molecule has 0 heterocycles. The van der Waals surface area contributed by atoms with E-state index in [1.54, 1.807) is 61.6 Å². The van der Waals surface area contributed by atoms with Gasteiger partial charge in [-0.1, -0.05) is 98.7 Å². The highest BCUT2D eigenvalue weighted by molar-refractivity contribution is 6.30. The van der Waals surface area contributed by atoms with Crippen molar-refractivity contribution in [2.45, 2.75) is 89.9 Å². The fraction of sp³-hybridized carbons (Fsp3) is 0.515. The van der Waals surface area contributed by atoms with Gasteiger partial charge in [-0.05, 0) is 38.2 Å². The Balaban J connectivity index is 2.57. The summed E-state index contributed by atoms with van der Waals surface area (Å²) < 4.78 is 0. The zero-order valence-corrected chi connectivity index (χ0v) is 26.1. The summed E-state index contributed by atoms with van der Waals surface area (Å²) in [6, 6.07) is -0.600. The number of amides is 1. The Morgan fingerprint density at radius 2 is 1.51 bits per heavy atom. The summed E-state index contributed by atoms with van der Waals surface area (Å²) >= 11 is 6.30. The summed E-state index contributed by atoms with van der Waals surface area (Å²) in [6.07, 6.45) is 14.7. The minimum Gasteiger partial charge on any atom is -0.481 e. The number of aliphatic hydroxyl groups excluding tert-OH is 5. The summed E-state index contributed by atoms with van der Waals surface area (Å²) in [6.45, 7) is 7.51. The number of carboxylic acids is 1. The van der Waals surface area contributed by atoms with E-state index >= 15 is 0 Å². The van der Waals surface area contributed by atoms with Crippen LogP contribution in [0.4, 0.5) is 0 Å². The molecule has 8 atom stereocenters. The molecular weight excluding hydrogens is 574 g/mol. The first kappa shape index (κ1) is 38.2. The number of aliphatic hydroxyl groups is 5. The number of allylic oxidation sites excluding steroid dienone is 11. The molecule has 0 bridgehead atoms. The normalized spacial score (nSPS) is 24.4. The molecule has 0 radical (unpaired) electrons. The maximum Gasteiger partial charge on any atom is 0.306 e. The Morgan fingerprint density at radius 3 is 2.16 bits per heavy atom. The standard InChI is InChI=1S/C33H48ClNO8/c1-21(2)11-5-8-14-25(36)20-29(38)32(41)31(40)23(4)26(34)15-9-6-12-22(3)13-7-10-16-30(39)35-27-19-24(33(42)43)17-18-28(27)37/h5-16,21,23-25,27-29,31-32,36-38,40-41H,17-20H2,1-4H3,(H,35,39)(H,42,43)/b9-6+,11-5+,13-7+,14-8+,16-10+,22-12+,26-15-. The lowest BCUT2D eigenvalue weighted by Gasteiger charge is -2.31. The molecular formula is C33H48ClNO8. The molecule has 1 saturated carbocycles. The van der Waals surface area contributed by atoms with Crippen molar-refractivity contribution < 1.29 is 40.2 Å². The number of hydrogen-bond acceptors (Lipinski definition) is 7. The molecule has 9 nitrogen and oxygen atoms in total. The third-order valence-electron chi connectivity index (χ3n) is 7.05. The van der Waals surface area contributed by atoms with Gasteiger partial charge in [-0.25, -0.2) is 0 Å². The Morgan fingerprint density at radius 1 is 0.884 bits per heavy atom. The largest absolute Gasteiger partial charge is 0.481 e. The van der Waals surface area contributed by atoms with Crippen LogP contribution in [-0.2, 0) is 9.59 Å². The highest BCUT2D eigenvalue weighted by atomic mass is 35.5. The fourth-order valence-electron chi connectivity index (χ4n) is 4.31. The van der Waals surface area contributed by atoms with Crippen molar-refractivity contribution in [3.63, 3.8) is 0 Å². The zero-order chi connectivity index (χ0) is 32.5. The van der Waals surface area contributed by atoms with Gasteiger partial charge in [-0.2, -0.15) is 0 Å². The number of nitrogens with one attached hydrogen (secondary N) is 1. The smallest absolute Gasteiger partial charge is 0.306 e. The zero-order valence-electron chi connectivity index (χ0n) is 25.3. The minimum atomic E-state index is -1.51. The Bertz CT molecular complexity index is 1090. The molecule has 1 rings (SSSR count). The van der Waals surface area contributed by atoms with E-state index < -0.39 is 60.3 Å². The number of carbonyl (C=O) groups excluding carboxylic acids is 1. The minimum absolute atomic E-state index is 0.146. The number of rotatable bonds is 16. The van der Waals surface area contributed by atoms with Gasteiger partial charge in [0, 0.05) is 23.4 Å². The van der Waals surface area contributed by atoms with Gasteiger partial charge in [0.25, 0.3) is 0 Å². The van der Waals surface area contributed by atoms with Gasteiger partial charge in [0.15, 0.2) is 0 Å². The van der Waals surface area contributed by atoms with E-state index in [2.05, 4.69) is 5.32 Å². The first-order chi connectivity index (χ1) is 20.2. The van der Waals surface area contributed by atoms with Crippen molar-refractivity contribution in [3.8, 4) is 0 Å². The van der Waals surface area contributed by atoms with Gasteiger partial charge < -0.3 is 36.0 Å². The summed E-state index contributed by atoms with van der Waals surface area (Å²) in [5, 5.41) is 63.4. The van der Waals surface area contributed by atoms with Crippen LogP contribution in [0, 0.1) is 17.8 Å². The van der Waals surface area contributed by atoms with Gasteiger partial charge in [-0.3, -0.25) is 9.59 Å². The molecule has 8 unspecified atom stereocenters. The summed E-state index contributed by atoms with van der Waals surface area (Å²) in [4.78, 5) is 23.3. The summed E-state index contributed by atoms with van der Waals surface area (Å²) in [5.41, 5.74) is 0.858. The van der Waals surface area contributed by atoms with Crippen LogP contribution >= 0.6 is 11.6 Å². The number of carboxylic acid groups (broad SMARTS) is 1. The van der Waals surface area contributed by atoms with Crippen LogP contribution in [0.5, 0.6) is 0 Å². The lowest BCUT2D eigenvalue weighted by Crippen LogP contribution is -2.47. The maximum atomic E-state index is 12.2. The third-order valence-corrected chi connectivity index (χ3v) is 7.52. The Labute approximate surface area is 260 Å². The van der Waals surface area contributed by atoms with E-state index in [9.17, 15) is 40.2 Å². The molecule has 1 aliphatic rings. The summed E-state index contributed by atoms with van der Waals surface area (Å²) in [7, 11) is 0. The summed E-state index contributed by atoms with van der Waals surface area (Å²) in [5.74, 6) is -2.23. The molecule has 43 heavy (non-hydrogen) atoms. The molecule has 0 aliphatic heterocycles. The molecule has 0 spiro atoms. The highest BCUT2D eigenvalue weighted by Crippen LogP contribution is 2.25. The fourth-order valence-corrected chi connectivity index (χ4v) is 4.51. The van der Waals surface area contributed by atoms with Gasteiger partial charge in [0.1, 0.15) is 6.10 Å². The van der Waals surface area contributed by atoms with E-state index in [1.807, 2.05) is 26.8 Å². The van der Waals surface area contributed by atoms with Crippen LogP contribution in [0.3, 0.4) is 0 Å². The van der Waals surface area contributed by atoms with Crippen molar-refractivity contribution >= 4 is 23.5 Å². The molecule has 0 aromatic rings. The molecule has 0 saturated heterocycles. The lowest BCUT2D eigenvalue weighted by molar-refractivity contribution is -0.144. The van der Waals surface area contributed by atoms with Crippen molar-refractivity contribution in [2.24, 2.45) is 17.8 Å². The van der Waals surface area contributed by atoms with Crippen LogP contribution in [0.25, 0.3) is 0 Å². The second kappa shape index (κ2) is 20.2. The second-order valence-corrected chi connectivity index (χ2v) is 11.7. The van der Waals surface area contributed by atoms with E-state index in [-0.39, 0.29) is 17.9 Å². The van der Waals surface area contributed by atoms with E-state index in [0.29, 0.717) is 18.8 Å². The van der Waals surface area contributed by atoms with Crippen molar-refractivity contribution in [1.29, 1.82) is 0 Å². The van der Waals surface area contributed by atoms with Gasteiger partial charge in [0.2, 0.25) is 5.91 Å². The monoisotopic (exact) mass is 621 g/mol. The highest BCUT2D eigenvalue weighted by Gasteiger charge is 2.33.